The highest BCUT2D eigenvalue weighted by Gasteiger charge is 2.49. The quantitative estimate of drug-likeness (QED) is 0.607. The zero-order valence-electron chi connectivity index (χ0n) is 18.8. The van der Waals surface area contributed by atoms with Crippen molar-refractivity contribution in [1.82, 2.24) is 10.2 Å². The monoisotopic (exact) mass is 429 g/mol. The first-order valence-electron chi connectivity index (χ1n) is 10.7. The Morgan fingerprint density at radius 1 is 1.00 bits per heavy atom. The molecule has 1 aromatic rings. The molecule has 1 N–H and O–H groups in total. The van der Waals surface area contributed by atoms with Crippen LogP contribution in [0.5, 0.6) is 17.2 Å². The number of fused-ring (bicyclic) bond motifs is 1. The number of carbonyl (C=O) groups excluding carboxylic acids is 2. The fourth-order valence-corrected chi connectivity index (χ4v) is 4.11. The van der Waals surface area contributed by atoms with Gasteiger partial charge in [-0.3, -0.25) is 9.59 Å². The molecule has 168 valence electrons. The van der Waals surface area contributed by atoms with Gasteiger partial charge >= 0.3 is 0 Å². The molecule has 0 aromatic heterocycles. The Labute approximate surface area is 183 Å². The molecular weight excluding hydrogens is 398 g/mol. The number of aliphatic imine (C=N–C) groups is 1. The first-order valence-corrected chi connectivity index (χ1v) is 10.7. The van der Waals surface area contributed by atoms with Crippen LogP contribution in [0.1, 0.15) is 38.7 Å². The second-order valence-electron chi connectivity index (χ2n) is 7.61. The number of likely N-dealkylation sites (tertiary alicyclic amines) is 1. The summed E-state index contributed by atoms with van der Waals surface area (Å²) < 4.78 is 16.2. The number of rotatable bonds is 9. The summed E-state index contributed by atoms with van der Waals surface area (Å²) in [4.78, 5) is 32.3. The molecule has 1 saturated heterocycles. The van der Waals surface area contributed by atoms with E-state index in [9.17, 15) is 9.59 Å². The van der Waals surface area contributed by atoms with Gasteiger partial charge in [0, 0.05) is 18.2 Å². The van der Waals surface area contributed by atoms with Gasteiger partial charge in [0.1, 0.15) is 17.6 Å². The Balaban J connectivity index is 1.88. The summed E-state index contributed by atoms with van der Waals surface area (Å²) >= 11 is 0. The van der Waals surface area contributed by atoms with E-state index in [1.54, 1.807) is 38.4 Å². The van der Waals surface area contributed by atoms with E-state index in [0.29, 0.717) is 36.0 Å². The van der Waals surface area contributed by atoms with Gasteiger partial charge in [0.2, 0.25) is 5.91 Å². The maximum Gasteiger partial charge on any atom is 0.235 e. The Morgan fingerprint density at radius 2 is 1.68 bits per heavy atom. The number of benzene rings is 1. The fourth-order valence-electron chi connectivity index (χ4n) is 4.11. The molecule has 8 nitrogen and oxygen atoms in total. The molecule has 1 fully saturated rings. The van der Waals surface area contributed by atoms with E-state index in [4.69, 9.17) is 14.2 Å². The number of hydrogen-bond donors (Lipinski definition) is 1. The molecule has 3 unspecified atom stereocenters. The maximum absolute atomic E-state index is 13.0. The van der Waals surface area contributed by atoms with Crippen LogP contribution in [0.4, 0.5) is 0 Å². The molecular formula is C23H31N3O5. The Bertz CT molecular complexity index is 895. The van der Waals surface area contributed by atoms with E-state index in [2.05, 4.69) is 10.3 Å². The Hall–Kier alpha value is -3.03. The number of ketones is 1. The average Bonchev–Trinajstić information content (AvgIpc) is 3.21. The predicted octanol–water partition coefficient (Wildman–Crippen LogP) is 2.66. The smallest absolute Gasteiger partial charge is 0.235 e. The minimum absolute atomic E-state index is 0.0694. The van der Waals surface area contributed by atoms with Crippen LogP contribution in [-0.4, -0.2) is 62.5 Å². The van der Waals surface area contributed by atoms with Crippen LogP contribution in [-0.2, 0) is 9.59 Å². The molecule has 3 rings (SSSR count). The number of piperidine rings is 1. The summed E-state index contributed by atoms with van der Waals surface area (Å²) in [6, 6.07) is 3.06. The van der Waals surface area contributed by atoms with Crippen molar-refractivity contribution in [3.05, 3.63) is 23.8 Å². The van der Waals surface area contributed by atoms with Gasteiger partial charge < -0.3 is 24.4 Å². The summed E-state index contributed by atoms with van der Waals surface area (Å²) in [7, 11) is 4.72. The topological polar surface area (TPSA) is 89.5 Å². The predicted molar refractivity (Wildman–Crippen MR) is 119 cm³/mol. The number of methoxy groups -OCH3 is 3. The number of carbonyl (C=O) groups is 2. The molecule has 1 aromatic carbocycles. The molecule has 0 spiro atoms. The summed E-state index contributed by atoms with van der Waals surface area (Å²) in [6.07, 6.45) is 5.29. The van der Waals surface area contributed by atoms with Crippen LogP contribution in [0.15, 0.2) is 23.2 Å². The number of hydrogen-bond acceptors (Lipinski definition) is 7. The van der Waals surface area contributed by atoms with Crippen molar-refractivity contribution >= 4 is 23.6 Å². The average molecular weight is 430 g/mol. The third kappa shape index (κ3) is 4.38. The summed E-state index contributed by atoms with van der Waals surface area (Å²) in [5.74, 6) is 1.57. The van der Waals surface area contributed by atoms with Gasteiger partial charge in [-0.15, -0.1) is 0 Å². The van der Waals surface area contributed by atoms with Gasteiger partial charge in [-0.05, 0) is 31.1 Å². The van der Waals surface area contributed by atoms with E-state index in [-0.39, 0.29) is 11.7 Å². The summed E-state index contributed by atoms with van der Waals surface area (Å²) in [5, 5.41) is 3.22. The van der Waals surface area contributed by atoms with Gasteiger partial charge in [0.05, 0.1) is 27.2 Å². The fraction of sp³-hybridized carbons (Fsp3) is 0.522. The number of amidine groups is 1. The molecule has 3 atom stereocenters. The molecule has 31 heavy (non-hydrogen) atoms. The van der Waals surface area contributed by atoms with Gasteiger partial charge in [-0.2, -0.15) is 0 Å². The molecule has 2 aliphatic heterocycles. The van der Waals surface area contributed by atoms with Crippen LogP contribution < -0.4 is 19.5 Å². The lowest BCUT2D eigenvalue weighted by Crippen LogP contribution is -2.61. The van der Waals surface area contributed by atoms with E-state index < -0.39 is 18.1 Å². The SMILES string of the molecule is CCCC1C(=O)C2NC(/C=C/c3cc(OC)c(OC)cc3OC)=NC2N(CCC)C1=O. The van der Waals surface area contributed by atoms with Crippen LogP contribution in [0.3, 0.4) is 0 Å². The molecule has 0 saturated carbocycles. The van der Waals surface area contributed by atoms with Crippen LogP contribution in [0.25, 0.3) is 6.08 Å². The van der Waals surface area contributed by atoms with E-state index >= 15 is 0 Å². The molecule has 8 heteroatoms. The van der Waals surface area contributed by atoms with Crippen molar-refractivity contribution in [2.24, 2.45) is 10.9 Å². The summed E-state index contributed by atoms with van der Waals surface area (Å²) in [5.41, 5.74) is 0.774. The highest BCUT2D eigenvalue weighted by atomic mass is 16.5. The van der Waals surface area contributed by atoms with E-state index in [0.717, 1.165) is 18.4 Å². The van der Waals surface area contributed by atoms with Crippen molar-refractivity contribution in [2.75, 3.05) is 27.9 Å². The minimum Gasteiger partial charge on any atom is -0.496 e. The molecule has 2 heterocycles. The van der Waals surface area contributed by atoms with Crippen molar-refractivity contribution in [3.63, 3.8) is 0 Å². The van der Waals surface area contributed by atoms with Gasteiger partial charge in [-0.25, -0.2) is 4.99 Å². The van der Waals surface area contributed by atoms with Crippen molar-refractivity contribution in [2.45, 2.75) is 45.3 Å². The van der Waals surface area contributed by atoms with Crippen LogP contribution in [0.2, 0.25) is 0 Å². The molecule has 1 amide bonds. The number of amides is 1. The van der Waals surface area contributed by atoms with Crippen molar-refractivity contribution in [1.29, 1.82) is 0 Å². The van der Waals surface area contributed by atoms with Crippen LogP contribution >= 0.6 is 0 Å². The Morgan fingerprint density at radius 3 is 2.29 bits per heavy atom. The molecule has 0 radical (unpaired) electrons. The Kier molecular flexibility index (Phi) is 7.20. The third-order valence-corrected chi connectivity index (χ3v) is 5.62. The highest BCUT2D eigenvalue weighted by Crippen LogP contribution is 2.35. The molecule has 0 aliphatic carbocycles. The largest absolute Gasteiger partial charge is 0.496 e. The van der Waals surface area contributed by atoms with Gasteiger partial charge in [0.25, 0.3) is 0 Å². The number of nitrogens with one attached hydrogen (secondary N) is 1. The third-order valence-electron chi connectivity index (χ3n) is 5.62. The van der Waals surface area contributed by atoms with Gasteiger partial charge in [-0.1, -0.05) is 20.3 Å². The minimum atomic E-state index is -0.588. The second kappa shape index (κ2) is 9.85. The lowest BCUT2D eigenvalue weighted by molar-refractivity contribution is -0.150. The van der Waals surface area contributed by atoms with E-state index in [1.165, 1.54) is 0 Å². The number of ether oxygens (including phenoxy) is 3. The lowest BCUT2D eigenvalue weighted by Gasteiger charge is -2.38. The molecule has 0 bridgehead atoms. The van der Waals surface area contributed by atoms with E-state index in [1.807, 2.05) is 26.0 Å². The van der Waals surface area contributed by atoms with Crippen molar-refractivity contribution in [3.8, 4) is 17.2 Å². The lowest BCUT2D eigenvalue weighted by atomic mass is 9.86. The normalized spacial score (nSPS) is 22.9. The first-order chi connectivity index (χ1) is 15.0. The molecule has 2 aliphatic rings. The highest BCUT2D eigenvalue weighted by molar-refractivity contribution is 6.11. The van der Waals surface area contributed by atoms with Gasteiger partial charge in [0.15, 0.2) is 23.4 Å². The van der Waals surface area contributed by atoms with Crippen molar-refractivity contribution < 1.29 is 23.8 Å². The van der Waals surface area contributed by atoms with Crippen LogP contribution in [0, 0.1) is 5.92 Å². The standard InChI is InChI=1S/C23H31N3O5/c1-6-8-15-21(27)20-22(26(11-7-2)23(15)28)25-19(24-20)10-9-14-12-17(30-4)18(31-5)13-16(14)29-3/h9-10,12-13,15,20,22H,6-8,11H2,1-5H3,(H,24,25)/b10-9+. The first kappa shape index (κ1) is 22.7. The maximum atomic E-state index is 13.0. The number of Topliss-reactive ketones (excluding diaryl/α,β-unsaturated/α-hetero) is 1. The summed E-state index contributed by atoms with van der Waals surface area (Å²) in [6.45, 7) is 4.59. The zero-order chi connectivity index (χ0) is 22.5. The number of nitrogens with zero attached hydrogens (tertiary/aromatic N) is 2. The zero-order valence-corrected chi connectivity index (χ0v) is 18.8. The second-order valence-corrected chi connectivity index (χ2v) is 7.61.